The molecule has 0 spiro atoms. The molecule has 1 aliphatic rings. The molecular formula is C45H36N2. The molecule has 0 heterocycles. The minimum absolute atomic E-state index is 0.0808. The quantitative estimate of drug-likeness (QED) is 0.179. The van der Waals surface area contributed by atoms with E-state index < -0.39 is 0 Å². The second-order valence-corrected chi connectivity index (χ2v) is 12.7. The van der Waals surface area contributed by atoms with Crippen molar-refractivity contribution in [1.29, 1.82) is 0 Å². The van der Waals surface area contributed by atoms with Crippen LogP contribution in [0.3, 0.4) is 0 Å². The standard InChI is InChI=1S/C45H36N2/c1-45(2)43-26-16-15-25-41(43)42-28-27-33(31-44(42)45)34-29-39(46(35-17-7-3-8-18-35)36-19-9-4-10-20-36)32-40(30-34)47(37-21-11-5-12-22-37)38-23-13-6-14-24-38/h3-32H,1-2H3. The van der Waals surface area contributed by atoms with Crippen molar-refractivity contribution >= 4 is 34.1 Å². The Morgan fingerprint density at radius 3 is 1.19 bits per heavy atom. The Bertz CT molecular complexity index is 1970. The number of fused-ring (bicyclic) bond motifs is 3. The number of hydrogen-bond acceptors (Lipinski definition) is 2. The van der Waals surface area contributed by atoms with Gasteiger partial charge < -0.3 is 9.80 Å². The van der Waals surface area contributed by atoms with Crippen molar-refractivity contribution in [2.75, 3.05) is 9.80 Å². The van der Waals surface area contributed by atoms with Gasteiger partial charge in [-0.3, -0.25) is 0 Å². The van der Waals surface area contributed by atoms with Crippen LogP contribution in [0, 0.1) is 0 Å². The van der Waals surface area contributed by atoms with Crippen molar-refractivity contribution in [2.24, 2.45) is 0 Å². The van der Waals surface area contributed by atoms with E-state index in [9.17, 15) is 0 Å². The molecular weight excluding hydrogens is 569 g/mol. The molecule has 47 heavy (non-hydrogen) atoms. The zero-order valence-electron chi connectivity index (χ0n) is 26.7. The van der Waals surface area contributed by atoms with Gasteiger partial charge in [0.05, 0.1) is 0 Å². The second-order valence-electron chi connectivity index (χ2n) is 12.7. The molecule has 2 heteroatoms. The van der Waals surface area contributed by atoms with Gasteiger partial charge in [0.15, 0.2) is 0 Å². The van der Waals surface area contributed by atoms with Crippen molar-refractivity contribution in [3.63, 3.8) is 0 Å². The molecule has 7 aromatic carbocycles. The molecule has 1 aliphatic carbocycles. The van der Waals surface area contributed by atoms with Gasteiger partial charge in [-0.05, 0) is 106 Å². The summed E-state index contributed by atoms with van der Waals surface area (Å²) in [7, 11) is 0. The maximum absolute atomic E-state index is 2.42. The monoisotopic (exact) mass is 604 g/mol. The molecule has 2 nitrogen and oxygen atoms in total. The topological polar surface area (TPSA) is 6.48 Å². The third kappa shape index (κ3) is 5.18. The zero-order valence-corrected chi connectivity index (χ0v) is 26.7. The van der Waals surface area contributed by atoms with Gasteiger partial charge in [0.25, 0.3) is 0 Å². The number of hydrogen-bond donors (Lipinski definition) is 0. The lowest BCUT2D eigenvalue weighted by Gasteiger charge is -2.30. The van der Waals surface area contributed by atoms with Crippen molar-refractivity contribution in [2.45, 2.75) is 19.3 Å². The summed E-state index contributed by atoms with van der Waals surface area (Å²) in [4.78, 5) is 4.71. The fourth-order valence-corrected chi connectivity index (χ4v) is 7.11. The summed E-state index contributed by atoms with van der Waals surface area (Å²) in [6, 6.07) is 65.5. The van der Waals surface area contributed by atoms with Gasteiger partial charge in [-0.15, -0.1) is 0 Å². The third-order valence-electron chi connectivity index (χ3n) is 9.39. The summed E-state index contributed by atoms with van der Waals surface area (Å²) in [6.07, 6.45) is 0. The van der Waals surface area contributed by atoms with Crippen LogP contribution in [0.5, 0.6) is 0 Å². The van der Waals surface area contributed by atoms with Crippen LogP contribution in [0.1, 0.15) is 25.0 Å². The SMILES string of the molecule is CC1(C)c2ccccc2-c2ccc(-c3cc(N(c4ccccc4)c4ccccc4)cc(N(c4ccccc4)c4ccccc4)c3)cc21. The van der Waals surface area contributed by atoms with E-state index in [0.717, 1.165) is 34.1 Å². The maximum atomic E-state index is 2.42. The van der Waals surface area contributed by atoms with Crippen molar-refractivity contribution in [3.05, 3.63) is 193 Å². The first kappa shape index (κ1) is 28.6. The first-order valence-electron chi connectivity index (χ1n) is 16.3. The first-order chi connectivity index (χ1) is 23.1. The molecule has 0 amide bonds. The molecule has 0 saturated heterocycles. The van der Waals surface area contributed by atoms with Gasteiger partial charge in [0, 0.05) is 39.5 Å². The van der Waals surface area contributed by atoms with E-state index in [1.54, 1.807) is 0 Å². The Balaban J connectivity index is 1.38. The molecule has 8 rings (SSSR count). The van der Waals surface area contributed by atoms with Gasteiger partial charge >= 0.3 is 0 Å². The summed E-state index contributed by atoms with van der Waals surface area (Å²) >= 11 is 0. The van der Waals surface area contributed by atoms with E-state index in [4.69, 9.17) is 0 Å². The predicted octanol–water partition coefficient (Wildman–Crippen LogP) is 12.6. The van der Waals surface area contributed by atoms with E-state index in [0.29, 0.717) is 0 Å². The van der Waals surface area contributed by atoms with Crippen LogP contribution < -0.4 is 9.80 Å². The van der Waals surface area contributed by atoms with E-state index >= 15 is 0 Å². The third-order valence-corrected chi connectivity index (χ3v) is 9.39. The molecule has 0 aliphatic heterocycles. The highest BCUT2D eigenvalue weighted by molar-refractivity contribution is 5.89. The smallest absolute Gasteiger partial charge is 0.0488 e. The predicted molar refractivity (Wildman–Crippen MR) is 199 cm³/mol. The van der Waals surface area contributed by atoms with Gasteiger partial charge in [-0.1, -0.05) is 123 Å². The average Bonchev–Trinajstić information content (AvgIpc) is 3.36. The Kier molecular flexibility index (Phi) is 7.19. The molecule has 0 aromatic heterocycles. The minimum atomic E-state index is -0.0808. The summed E-state index contributed by atoms with van der Waals surface area (Å²) in [5.41, 5.74) is 14.3. The zero-order chi connectivity index (χ0) is 31.8. The van der Waals surface area contributed by atoms with Crippen LogP contribution in [-0.4, -0.2) is 0 Å². The fraction of sp³-hybridized carbons (Fsp3) is 0.0667. The normalized spacial score (nSPS) is 12.6. The second kappa shape index (κ2) is 11.8. The highest BCUT2D eigenvalue weighted by Gasteiger charge is 2.35. The van der Waals surface area contributed by atoms with E-state index in [1.807, 2.05) is 0 Å². The number of anilines is 6. The summed E-state index contributed by atoms with van der Waals surface area (Å²) in [5, 5.41) is 0. The lowest BCUT2D eigenvalue weighted by atomic mass is 9.81. The Labute approximate surface area is 277 Å². The largest absolute Gasteiger partial charge is 0.310 e. The highest BCUT2D eigenvalue weighted by atomic mass is 15.2. The number of benzene rings is 7. The average molecular weight is 605 g/mol. The van der Waals surface area contributed by atoms with Crippen LogP contribution in [0.4, 0.5) is 34.1 Å². The lowest BCUT2D eigenvalue weighted by molar-refractivity contribution is 0.660. The maximum Gasteiger partial charge on any atom is 0.0488 e. The molecule has 7 aromatic rings. The Morgan fingerprint density at radius 2 is 0.723 bits per heavy atom. The summed E-state index contributed by atoms with van der Waals surface area (Å²) < 4.78 is 0. The summed E-state index contributed by atoms with van der Waals surface area (Å²) in [5.74, 6) is 0. The molecule has 0 unspecified atom stereocenters. The van der Waals surface area contributed by atoms with Crippen LogP contribution in [0.25, 0.3) is 22.3 Å². The van der Waals surface area contributed by atoms with Gasteiger partial charge in [-0.25, -0.2) is 0 Å². The number of para-hydroxylation sites is 4. The van der Waals surface area contributed by atoms with Gasteiger partial charge in [0.2, 0.25) is 0 Å². The van der Waals surface area contributed by atoms with Crippen LogP contribution in [0.15, 0.2) is 182 Å². The molecule has 226 valence electrons. The van der Waals surface area contributed by atoms with Crippen LogP contribution in [0.2, 0.25) is 0 Å². The highest BCUT2D eigenvalue weighted by Crippen LogP contribution is 2.50. The first-order valence-corrected chi connectivity index (χ1v) is 16.3. The minimum Gasteiger partial charge on any atom is -0.310 e. The lowest BCUT2D eigenvalue weighted by Crippen LogP contribution is -2.15. The molecule has 0 atom stereocenters. The molecule has 0 N–H and O–H groups in total. The van der Waals surface area contributed by atoms with Crippen LogP contribution in [-0.2, 0) is 5.41 Å². The number of rotatable bonds is 7. The van der Waals surface area contributed by atoms with E-state index in [2.05, 4.69) is 206 Å². The van der Waals surface area contributed by atoms with Crippen molar-refractivity contribution in [3.8, 4) is 22.3 Å². The van der Waals surface area contributed by atoms with Crippen molar-refractivity contribution < 1.29 is 0 Å². The van der Waals surface area contributed by atoms with Gasteiger partial charge in [-0.2, -0.15) is 0 Å². The van der Waals surface area contributed by atoms with E-state index in [-0.39, 0.29) is 5.41 Å². The molecule has 0 saturated carbocycles. The van der Waals surface area contributed by atoms with E-state index in [1.165, 1.54) is 33.4 Å². The summed E-state index contributed by atoms with van der Waals surface area (Å²) in [6.45, 7) is 4.70. The van der Waals surface area contributed by atoms with Crippen molar-refractivity contribution in [1.82, 2.24) is 0 Å². The molecule has 0 radical (unpaired) electrons. The fourth-order valence-electron chi connectivity index (χ4n) is 7.11. The number of nitrogens with zero attached hydrogens (tertiary/aromatic N) is 2. The molecule has 0 bridgehead atoms. The Hall–Kier alpha value is -5.86. The van der Waals surface area contributed by atoms with Crippen LogP contribution >= 0.6 is 0 Å². The molecule has 0 fully saturated rings. The Morgan fingerprint density at radius 1 is 0.319 bits per heavy atom. The van der Waals surface area contributed by atoms with Gasteiger partial charge in [0.1, 0.15) is 0 Å².